The monoisotopic (exact) mass is 376 g/mol. The molecule has 2 heterocycles. The van der Waals surface area contributed by atoms with Gasteiger partial charge in [0.2, 0.25) is 0 Å². The molecule has 140 valence electrons. The number of fused-ring (bicyclic) bond motifs is 1. The number of rotatable bonds is 5. The molecule has 2 aromatic carbocycles. The average Bonchev–Trinajstić information content (AvgIpc) is 2.92. The highest BCUT2D eigenvalue weighted by atomic mass is 19.1. The lowest BCUT2D eigenvalue weighted by atomic mass is 9.89. The quantitative estimate of drug-likeness (QED) is 0.694. The van der Waals surface area contributed by atoms with Crippen molar-refractivity contribution in [3.05, 3.63) is 95.6 Å². The van der Waals surface area contributed by atoms with E-state index in [4.69, 9.17) is 0 Å². The smallest absolute Gasteiger partial charge is 0.264 e. The van der Waals surface area contributed by atoms with Crippen molar-refractivity contribution in [1.82, 2.24) is 4.98 Å². The molecule has 1 N–H and O–H groups in total. The molecule has 6 heteroatoms. The van der Waals surface area contributed by atoms with Gasteiger partial charge in [-0.15, -0.1) is 0 Å². The Labute approximate surface area is 161 Å². The Bertz CT molecular complexity index is 1050. The molecule has 0 radical (unpaired) electrons. The molecular formula is C22H17FN2O3. The molecule has 0 aliphatic carbocycles. The Balaban J connectivity index is 1.70. The summed E-state index contributed by atoms with van der Waals surface area (Å²) in [7, 11) is 0. The van der Waals surface area contributed by atoms with Crippen LogP contribution in [0.25, 0.3) is 0 Å². The summed E-state index contributed by atoms with van der Waals surface area (Å²) in [4.78, 5) is 31.1. The molecular weight excluding hydrogens is 359 g/mol. The maximum absolute atomic E-state index is 14.1. The van der Waals surface area contributed by atoms with Crippen LogP contribution in [0.4, 0.5) is 10.1 Å². The largest absolute Gasteiger partial charge is 0.375 e. The highest BCUT2D eigenvalue weighted by Crippen LogP contribution is 2.43. The van der Waals surface area contributed by atoms with Crippen molar-refractivity contribution in [1.29, 1.82) is 0 Å². The van der Waals surface area contributed by atoms with Gasteiger partial charge in [-0.2, -0.15) is 0 Å². The van der Waals surface area contributed by atoms with Gasteiger partial charge in [0.1, 0.15) is 11.5 Å². The molecule has 4 rings (SSSR count). The molecule has 0 unspecified atom stereocenters. The zero-order chi connectivity index (χ0) is 19.7. The summed E-state index contributed by atoms with van der Waals surface area (Å²) in [6, 6.07) is 17.7. The lowest BCUT2D eigenvalue weighted by Crippen LogP contribution is -2.41. The van der Waals surface area contributed by atoms with E-state index in [1.807, 2.05) is 0 Å². The Kier molecular flexibility index (Phi) is 4.49. The number of benzene rings is 2. The van der Waals surface area contributed by atoms with Crippen LogP contribution in [0.2, 0.25) is 0 Å². The van der Waals surface area contributed by atoms with E-state index in [-0.39, 0.29) is 12.2 Å². The van der Waals surface area contributed by atoms with Gasteiger partial charge in [0.05, 0.1) is 18.7 Å². The molecule has 3 aromatic rings. The van der Waals surface area contributed by atoms with Crippen LogP contribution in [0.1, 0.15) is 28.0 Å². The van der Waals surface area contributed by atoms with E-state index in [0.29, 0.717) is 16.8 Å². The number of nitrogens with zero attached hydrogens (tertiary/aromatic N) is 2. The third kappa shape index (κ3) is 2.97. The van der Waals surface area contributed by atoms with Crippen LogP contribution in [-0.2, 0) is 16.9 Å². The lowest BCUT2D eigenvalue weighted by Gasteiger charge is -2.23. The molecule has 0 bridgehead atoms. The number of ketones is 1. The highest BCUT2D eigenvalue weighted by molar-refractivity contribution is 6.10. The summed E-state index contributed by atoms with van der Waals surface area (Å²) >= 11 is 0. The van der Waals surface area contributed by atoms with E-state index >= 15 is 0 Å². The number of amides is 1. The molecule has 1 amide bonds. The number of aromatic nitrogens is 1. The topological polar surface area (TPSA) is 70.5 Å². The summed E-state index contributed by atoms with van der Waals surface area (Å²) in [6.07, 6.45) is 1.04. The lowest BCUT2D eigenvalue weighted by molar-refractivity contribution is -0.136. The molecule has 1 aliphatic rings. The van der Waals surface area contributed by atoms with Gasteiger partial charge in [0.25, 0.3) is 5.91 Å². The van der Waals surface area contributed by atoms with Crippen LogP contribution in [0.3, 0.4) is 0 Å². The van der Waals surface area contributed by atoms with E-state index in [2.05, 4.69) is 4.98 Å². The molecule has 0 fully saturated rings. The first-order valence-corrected chi connectivity index (χ1v) is 8.82. The van der Waals surface area contributed by atoms with Gasteiger partial charge < -0.3 is 10.0 Å². The van der Waals surface area contributed by atoms with E-state index in [1.165, 1.54) is 23.2 Å². The SMILES string of the molecule is O=C(C[C@@]1(O)C(=O)N(Cc2ccccc2F)c2ccccc21)c1ccccn1. The second-order valence-corrected chi connectivity index (χ2v) is 6.68. The zero-order valence-corrected chi connectivity index (χ0v) is 14.9. The van der Waals surface area contributed by atoms with Crippen LogP contribution in [0.15, 0.2) is 72.9 Å². The van der Waals surface area contributed by atoms with Crippen molar-refractivity contribution < 1.29 is 19.1 Å². The predicted molar refractivity (Wildman–Crippen MR) is 101 cm³/mol. The number of hydrogen-bond acceptors (Lipinski definition) is 4. The second-order valence-electron chi connectivity index (χ2n) is 6.68. The summed E-state index contributed by atoms with van der Waals surface area (Å²) in [6.45, 7) is -0.0391. The molecule has 0 saturated carbocycles. The second kappa shape index (κ2) is 6.98. The number of hydrogen-bond donors (Lipinski definition) is 1. The number of Topliss-reactive ketones (excluding diaryl/α,β-unsaturated/α-hetero) is 1. The maximum atomic E-state index is 14.1. The van der Waals surface area contributed by atoms with E-state index in [9.17, 15) is 19.1 Å². The van der Waals surface area contributed by atoms with Gasteiger partial charge in [0.15, 0.2) is 11.4 Å². The van der Waals surface area contributed by atoms with E-state index in [0.717, 1.165) is 0 Å². The number of halogens is 1. The first-order chi connectivity index (χ1) is 13.5. The minimum absolute atomic E-state index is 0.0391. The predicted octanol–water partition coefficient (Wildman–Crippen LogP) is 3.23. The van der Waals surface area contributed by atoms with Crippen LogP contribution in [0, 0.1) is 5.82 Å². The summed E-state index contributed by atoms with van der Waals surface area (Å²) in [5, 5.41) is 11.2. The number of carbonyl (C=O) groups is 2. The molecule has 1 aromatic heterocycles. The summed E-state index contributed by atoms with van der Waals surface area (Å²) in [5.74, 6) is -1.53. The van der Waals surface area contributed by atoms with E-state index < -0.39 is 29.5 Å². The molecule has 0 spiro atoms. The van der Waals surface area contributed by atoms with Crippen molar-refractivity contribution >= 4 is 17.4 Å². The fourth-order valence-electron chi connectivity index (χ4n) is 3.48. The van der Waals surface area contributed by atoms with Crippen LogP contribution < -0.4 is 4.90 Å². The van der Waals surface area contributed by atoms with Crippen molar-refractivity contribution in [2.24, 2.45) is 0 Å². The average molecular weight is 376 g/mol. The zero-order valence-electron chi connectivity index (χ0n) is 14.9. The molecule has 1 atom stereocenters. The number of pyridine rings is 1. The van der Waals surface area contributed by atoms with Crippen molar-refractivity contribution in [2.75, 3.05) is 4.90 Å². The van der Waals surface area contributed by atoms with Crippen LogP contribution in [-0.4, -0.2) is 21.8 Å². The molecule has 5 nitrogen and oxygen atoms in total. The molecule has 0 saturated heterocycles. The maximum Gasteiger partial charge on any atom is 0.264 e. The molecule has 1 aliphatic heterocycles. The van der Waals surface area contributed by atoms with Gasteiger partial charge in [-0.25, -0.2) is 4.39 Å². The Morgan fingerprint density at radius 2 is 1.75 bits per heavy atom. The first kappa shape index (κ1) is 18.0. The van der Waals surface area contributed by atoms with Gasteiger partial charge in [0, 0.05) is 17.3 Å². The van der Waals surface area contributed by atoms with Gasteiger partial charge in [-0.05, 0) is 24.3 Å². The fraction of sp³-hybridized carbons (Fsp3) is 0.136. The summed E-state index contributed by atoms with van der Waals surface area (Å²) < 4.78 is 14.1. The van der Waals surface area contributed by atoms with Crippen molar-refractivity contribution in [2.45, 2.75) is 18.6 Å². The van der Waals surface area contributed by atoms with Crippen molar-refractivity contribution in [3.8, 4) is 0 Å². The minimum atomic E-state index is -2.02. The van der Waals surface area contributed by atoms with Gasteiger partial charge in [-0.3, -0.25) is 14.6 Å². The fourth-order valence-corrected chi connectivity index (χ4v) is 3.48. The standard InChI is InChI=1S/C22H17FN2O3/c23-17-9-3-1-7-15(17)14-25-19-11-4-2-8-16(19)22(28,21(25)27)13-20(26)18-10-5-6-12-24-18/h1-12,28H,13-14H2/t22-/m0/s1. The number of anilines is 1. The summed E-state index contributed by atoms with van der Waals surface area (Å²) in [5.41, 5.74) is -0.719. The Hall–Kier alpha value is -3.38. The van der Waals surface area contributed by atoms with Crippen molar-refractivity contribution in [3.63, 3.8) is 0 Å². The van der Waals surface area contributed by atoms with Gasteiger partial charge in [-0.1, -0.05) is 42.5 Å². The Morgan fingerprint density at radius 1 is 1.04 bits per heavy atom. The third-order valence-corrected chi connectivity index (χ3v) is 4.89. The minimum Gasteiger partial charge on any atom is -0.375 e. The third-order valence-electron chi connectivity index (χ3n) is 4.89. The van der Waals surface area contributed by atoms with E-state index in [1.54, 1.807) is 54.6 Å². The number of aliphatic hydroxyl groups is 1. The molecule has 28 heavy (non-hydrogen) atoms. The van der Waals surface area contributed by atoms with Crippen LogP contribution >= 0.6 is 0 Å². The first-order valence-electron chi connectivity index (χ1n) is 8.82. The number of para-hydroxylation sites is 1. The van der Waals surface area contributed by atoms with Gasteiger partial charge >= 0.3 is 0 Å². The van der Waals surface area contributed by atoms with Crippen LogP contribution in [0.5, 0.6) is 0 Å². The number of carbonyl (C=O) groups excluding carboxylic acids is 2. The Morgan fingerprint density at radius 3 is 2.50 bits per heavy atom. The highest BCUT2D eigenvalue weighted by Gasteiger charge is 2.51. The normalized spacial score (nSPS) is 18.2.